The lowest BCUT2D eigenvalue weighted by Gasteiger charge is -2.39. The number of fused-ring (bicyclic) bond motifs is 1. The van der Waals surface area contributed by atoms with Gasteiger partial charge in [-0.15, -0.1) is 0 Å². The quantitative estimate of drug-likeness (QED) is 0.537. The first-order valence-corrected chi connectivity index (χ1v) is 10.5. The Kier molecular flexibility index (Phi) is 6.24. The number of carbonyl (C=O) groups is 1. The third-order valence-corrected chi connectivity index (χ3v) is 5.79. The molecule has 2 heterocycles. The van der Waals surface area contributed by atoms with Gasteiger partial charge in [0.2, 0.25) is 5.60 Å². The molecular formula is C24H21ClF2N2O3. The zero-order valence-electron chi connectivity index (χ0n) is 17.0. The van der Waals surface area contributed by atoms with E-state index in [-0.39, 0.29) is 18.7 Å². The summed E-state index contributed by atoms with van der Waals surface area (Å²) in [5, 5.41) is 7.15. The Hall–Kier alpha value is -2.87. The van der Waals surface area contributed by atoms with Crippen LogP contribution in [0.3, 0.4) is 0 Å². The van der Waals surface area contributed by atoms with Crippen LogP contribution in [-0.4, -0.2) is 34.0 Å². The van der Waals surface area contributed by atoms with Gasteiger partial charge in [0.25, 0.3) is 5.91 Å². The molecule has 1 aliphatic heterocycles. The summed E-state index contributed by atoms with van der Waals surface area (Å²) < 4.78 is 35.4. The molecule has 166 valence electrons. The van der Waals surface area contributed by atoms with Crippen LogP contribution in [0.5, 0.6) is 0 Å². The summed E-state index contributed by atoms with van der Waals surface area (Å²) in [4.78, 5) is 19.1. The van der Waals surface area contributed by atoms with Crippen LogP contribution in [0.1, 0.15) is 16.7 Å². The number of aliphatic hydroxyl groups is 1. The molecular weight excluding hydrogens is 438 g/mol. The van der Waals surface area contributed by atoms with Gasteiger partial charge in [-0.05, 0) is 40.8 Å². The molecule has 1 N–H and O–H groups in total. The molecule has 2 atom stereocenters. The van der Waals surface area contributed by atoms with E-state index in [0.29, 0.717) is 17.8 Å². The number of hydrogen-bond acceptors (Lipinski definition) is 4. The van der Waals surface area contributed by atoms with Gasteiger partial charge in [-0.2, -0.15) is 8.78 Å². The first kappa shape index (κ1) is 22.3. The molecule has 1 amide bonds. The number of hydrogen-bond donors (Lipinski definition) is 1. The van der Waals surface area contributed by atoms with Crippen molar-refractivity contribution in [2.75, 3.05) is 11.4 Å². The second-order valence-corrected chi connectivity index (χ2v) is 8.01. The van der Waals surface area contributed by atoms with E-state index in [0.717, 1.165) is 5.56 Å². The summed E-state index contributed by atoms with van der Waals surface area (Å²) in [7, 11) is 0. The van der Waals surface area contributed by atoms with E-state index in [1.807, 2.05) is 6.07 Å². The van der Waals surface area contributed by atoms with Gasteiger partial charge in [-0.1, -0.05) is 66.7 Å². The van der Waals surface area contributed by atoms with Gasteiger partial charge in [0.05, 0.1) is 6.61 Å². The molecule has 0 saturated heterocycles. The Labute approximate surface area is 189 Å². The van der Waals surface area contributed by atoms with Crippen molar-refractivity contribution in [3.8, 4) is 0 Å². The third-order valence-electron chi connectivity index (χ3n) is 5.50. The van der Waals surface area contributed by atoms with Crippen LogP contribution in [0.2, 0.25) is 0 Å². The molecule has 32 heavy (non-hydrogen) atoms. The fraction of sp³-hybridized carbons (Fsp3) is 0.250. The van der Waals surface area contributed by atoms with Crippen LogP contribution in [-0.2, 0) is 28.2 Å². The second kappa shape index (κ2) is 8.94. The van der Waals surface area contributed by atoms with Crippen molar-refractivity contribution in [2.45, 2.75) is 30.1 Å². The third kappa shape index (κ3) is 4.11. The Morgan fingerprint density at radius 1 is 1.09 bits per heavy atom. The van der Waals surface area contributed by atoms with Crippen LogP contribution in [0.25, 0.3) is 0 Å². The van der Waals surface area contributed by atoms with Crippen LogP contribution in [0, 0.1) is 0 Å². The monoisotopic (exact) mass is 458 g/mol. The lowest BCUT2D eigenvalue weighted by atomic mass is 9.87. The average Bonchev–Trinajstić information content (AvgIpc) is 3.23. The molecule has 8 heteroatoms. The first-order valence-electron chi connectivity index (χ1n) is 10.1. The lowest BCUT2D eigenvalue weighted by Crippen LogP contribution is -2.59. The smallest absolute Gasteiger partial charge is 0.357 e. The lowest BCUT2D eigenvalue weighted by molar-refractivity contribution is -0.209. The predicted octanol–water partition coefficient (Wildman–Crippen LogP) is 4.28. The minimum Gasteiger partial charge on any atom is -0.375 e. The molecule has 0 fully saturated rings. The van der Waals surface area contributed by atoms with E-state index < -0.39 is 23.0 Å². The van der Waals surface area contributed by atoms with Crippen LogP contribution in [0.15, 0.2) is 79.0 Å². The van der Waals surface area contributed by atoms with Crippen molar-refractivity contribution in [2.24, 2.45) is 0 Å². The van der Waals surface area contributed by atoms with E-state index in [9.17, 15) is 18.7 Å². The van der Waals surface area contributed by atoms with E-state index in [2.05, 4.69) is 4.98 Å². The minimum atomic E-state index is -4.21. The Morgan fingerprint density at radius 3 is 2.41 bits per heavy atom. The molecule has 5 nitrogen and oxygen atoms in total. The number of nitrogens with zero attached hydrogens (tertiary/aromatic N) is 2. The van der Waals surface area contributed by atoms with Gasteiger partial charge in [0.1, 0.15) is 5.82 Å². The number of alkyl halides is 3. The van der Waals surface area contributed by atoms with E-state index >= 15 is 0 Å². The summed E-state index contributed by atoms with van der Waals surface area (Å²) >= 11 is 5.45. The van der Waals surface area contributed by atoms with Gasteiger partial charge >= 0.3 is 5.38 Å². The highest BCUT2D eigenvalue weighted by Crippen LogP contribution is 2.45. The molecule has 0 unspecified atom stereocenters. The van der Waals surface area contributed by atoms with E-state index in [1.54, 1.807) is 42.5 Å². The fourth-order valence-electron chi connectivity index (χ4n) is 3.84. The first-order chi connectivity index (χ1) is 15.3. The maximum Gasteiger partial charge on any atom is 0.357 e. The standard InChI is InChI=1S/C24H21ClF2N2O3/c25-24(26,27)23(31,19-11-5-2-6-12-19)20(32-16-17-8-3-1-4-9-17)22(30)29-15-13-18-10-7-14-28-21(18)29/h1-12,14,20,31H,13,15-16H2/t20-,23+/m0/s1. The zero-order chi connectivity index (χ0) is 22.8. The van der Waals surface area contributed by atoms with Gasteiger partial charge in [-0.25, -0.2) is 4.98 Å². The highest BCUT2D eigenvalue weighted by molar-refractivity contribution is 6.23. The Morgan fingerprint density at radius 2 is 1.75 bits per heavy atom. The molecule has 0 saturated carbocycles. The number of carbonyl (C=O) groups excluding carboxylic acids is 1. The fourth-order valence-corrected chi connectivity index (χ4v) is 4.05. The predicted molar refractivity (Wildman–Crippen MR) is 116 cm³/mol. The Bertz CT molecular complexity index is 1080. The molecule has 0 spiro atoms. The number of ether oxygens (including phenoxy) is 1. The van der Waals surface area contributed by atoms with Crippen LogP contribution in [0.4, 0.5) is 14.6 Å². The number of rotatable bonds is 7. The van der Waals surface area contributed by atoms with Crippen LogP contribution < -0.4 is 4.90 Å². The van der Waals surface area contributed by atoms with Crippen LogP contribution >= 0.6 is 11.6 Å². The SMILES string of the molecule is O=C([C@H](OCc1ccccc1)[C@](O)(c1ccccc1)C(F)(F)Cl)N1CCc2cccnc21. The highest BCUT2D eigenvalue weighted by atomic mass is 35.5. The average molecular weight is 459 g/mol. The molecule has 3 aromatic rings. The number of pyridine rings is 1. The van der Waals surface area contributed by atoms with Gasteiger partial charge < -0.3 is 9.84 Å². The summed E-state index contributed by atoms with van der Waals surface area (Å²) in [5.74, 6) is -0.482. The van der Waals surface area contributed by atoms with Gasteiger partial charge in [0.15, 0.2) is 6.10 Å². The second-order valence-electron chi connectivity index (χ2n) is 7.53. The molecule has 0 aliphatic carbocycles. The number of halogens is 3. The summed E-state index contributed by atoms with van der Waals surface area (Å²) in [6, 6.07) is 19.5. The van der Waals surface area contributed by atoms with Gasteiger partial charge in [-0.3, -0.25) is 9.69 Å². The molecule has 4 rings (SSSR count). The van der Waals surface area contributed by atoms with Crippen molar-refractivity contribution < 1.29 is 23.4 Å². The summed E-state index contributed by atoms with van der Waals surface area (Å²) in [6.45, 7) is 0.0530. The molecule has 1 aromatic heterocycles. The van der Waals surface area contributed by atoms with Crippen molar-refractivity contribution in [1.29, 1.82) is 0 Å². The van der Waals surface area contributed by atoms with Crippen molar-refractivity contribution in [3.63, 3.8) is 0 Å². The normalized spacial score (nSPS) is 16.3. The molecule has 2 aromatic carbocycles. The number of anilines is 1. The summed E-state index contributed by atoms with van der Waals surface area (Å²) in [5.41, 5.74) is -1.90. The Balaban J connectivity index is 1.77. The minimum absolute atomic E-state index is 0.178. The van der Waals surface area contributed by atoms with E-state index in [1.165, 1.54) is 35.4 Å². The number of benzene rings is 2. The van der Waals surface area contributed by atoms with Gasteiger partial charge in [0, 0.05) is 12.7 Å². The van der Waals surface area contributed by atoms with E-state index in [4.69, 9.17) is 16.3 Å². The number of amides is 1. The highest BCUT2D eigenvalue weighted by Gasteiger charge is 2.62. The zero-order valence-corrected chi connectivity index (χ0v) is 17.8. The van der Waals surface area contributed by atoms with Crippen molar-refractivity contribution in [1.82, 2.24) is 4.98 Å². The molecule has 0 radical (unpaired) electrons. The van der Waals surface area contributed by atoms with Crippen molar-refractivity contribution in [3.05, 3.63) is 95.7 Å². The maximum absolute atomic E-state index is 14.8. The topological polar surface area (TPSA) is 62.7 Å². The molecule has 0 bridgehead atoms. The maximum atomic E-state index is 14.8. The molecule has 1 aliphatic rings. The van der Waals surface area contributed by atoms with Crippen molar-refractivity contribution >= 4 is 23.3 Å². The largest absolute Gasteiger partial charge is 0.375 e. The summed E-state index contributed by atoms with van der Waals surface area (Å²) in [6.07, 6.45) is 0.0381. The number of aromatic nitrogens is 1.